The van der Waals surface area contributed by atoms with Crippen molar-refractivity contribution in [1.29, 1.82) is 0 Å². The second kappa shape index (κ2) is 7.41. The molecule has 0 aliphatic heterocycles. The molecule has 0 amide bonds. The lowest BCUT2D eigenvalue weighted by atomic mass is 10.3. The van der Waals surface area contributed by atoms with E-state index in [0.29, 0.717) is 24.8 Å². The summed E-state index contributed by atoms with van der Waals surface area (Å²) in [6.07, 6.45) is 9.32. The van der Waals surface area contributed by atoms with E-state index in [0.717, 1.165) is 28.3 Å². The number of nitrogens with zero attached hydrogens (tertiary/aromatic N) is 5. The summed E-state index contributed by atoms with van der Waals surface area (Å²) in [5, 5.41) is 3.35. The van der Waals surface area contributed by atoms with Gasteiger partial charge in [0.1, 0.15) is 11.3 Å². The Balaban J connectivity index is 1.72. The Kier molecular flexibility index (Phi) is 4.65. The third-order valence-corrected chi connectivity index (χ3v) is 4.08. The maximum absolute atomic E-state index is 5.55. The van der Waals surface area contributed by atoms with Crippen molar-refractivity contribution in [3.05, 3.63) is 72.1 Å². The Morgan fingerprint density at radius 1 is 1.19 bits per heavy atom. The van der Waals surface area contributed by atoms with Crippen molar-refractivity contribution >= 4 is 22.9 Å². The Morgan fingerprint density at radius 3 is 2.85 bits per heavy atom. The molecule has 4 aromatic heterocycles. The van der Waals surface area contributed by atoms with E-state index in [2.05, 4.69) is 29.8 Å². The lowest BCUT2D eigenvalue weighted by Crippen LogP contribution is -2.08. The summed E-state index contributed by atoms with van der Waals surface area (Å²) in [5.74, 6) is 2.80. The molecule has 0 fully saturated rings. The van der Waals surface area contributed by atoms with Crippen molar-refractivity contribution in [3.63, 3.8) is 0 Å². The number of fused-ring (bicyclic) bond motifs is 1. The molecule has 0 spiro atoms. The van der Waals surface area contributed by atoms with Gasteiger partial charge in [0.15, 0.2) is 11.6 Å². The normalized spacial score (nSPS) is 11.5. The van der Waals surface area contributed by atoms with Crippen LogP contribution in [-0.4, -0.2) is 24.5 Å². The third kappa shape index (κ3) is 3.72. The summed E-state index contributed by atoms with van der Waals surface area (Å²) in [5.41, 5.74) is 2.78. The van der Waals surface area contributed by atoms with Crippen molar-refractivity contribution in [1.82, 2.24) is 24.5 Å². The molecule has 0 saturated carbocycles. The summed E-state index contributed by atoms with van der Waals surface area (Å²) in [4.78, 5) is 18.0. The fourth-order valence-corrected chi connectivity index (χ4v) is 2.91. The van der Waals surface area contributed by atoms with E-state index < -0.39 is 0 Å². The van der Waals surface area contributed by atoms with Gasteiger partial charge in [-0.2, -0.15) is 0 Å². The minimum Gasteiger partial charge on any atom is -0.444 e. The smallest absolute Gasteiger partial charge is 0.213 e. The van der Waals surface area contributed by atoms with Crippen molar-refractivity contribution in [2.75, 3.05) is 5.32 Å². The number of pyridine rings is 1. The van der Waals surface area contributed by atoms with Crippen LogP contribution in [0.4, 0.5) is 5.82 Å². The van der Waals surface area contributed by atoms with Crippen LogP contribution in [0.1, 0.15) is 30.1 Å². The highest BCUT2D eigenvalue weighted by Crippen LogP contribution is 2.24. The van der Waals surface area contributed by atoms with Gasteiger partial charge in [0.2, 0.25) is 5.89 Å². The van der Waals surface area contributed by atoms with Crippen LogP contribution in [0.15, 0.2) is 53.3 Å². The van der Waals surface area contributed by atoms with Crippen LogP contribution >= 0.6 is 0 Å². The summed E-state index contributed by atoms with van der Waals surface area (Å²) in [6.45, 7) is 4.91. The van der Waals surface area contributed by atoms with Gasteiger partial charge in [-0.05, 0) is 38.1 Å². The highest BCUT2D eigenvalue weighted by molar-refractivity contribution is 5.87. The van der Waals surface area contributed by atoms with Gasteiger partial charge in [-0.25, -0.2) is 15.0 Å². The van der Waals surface area contributed by atoms with Crippen LogP contribution < -0.4 is 5.32 Å². The van der Waals surface area contributed by atoms with E-state index in [9.17, 15) is 0 Å². The molecule has 0 saturated heterocycles. The second-order valence-corrected chi connectivity index (χ2v) is 6.15. The quantitative estimate of drug-likeness (QED) is 0.563. The summed E-state index contributed by atoms with van der Waals surface area (Å²) < 4.78 is 7.65. The number of aromatic nitrogens is 5. The maximum Gasteiger partial charge on any atom is 0.213 e. The van der Waals surface area contributed by atoms with Crippen molar-refractivity contribution < 1.29 is 4.42 Å². The molecule has 0 aliphatic rings. The van der Waals surface area contributed by atoms with Gasteiger partial charge in [0.25, 0.3) is 0 Å². The van der Waals surface area contributed by atoms with Gasteiger partial charge in [-0.15, -0.1) is 0 Å². The van der Waals surface area contributed by atoms with Crippen molar-refractivity contribution in [2.45, 2.75) is 26.9 Å². The highest BCUT2D eigenvalue weighted by Gasteiger charge is 2.13. The van der Waals surface area contributed by atoms with Crippen LogP contribution in [-0.2, 0) is 13.1 Å². The molecule has 7 heteroatoms. The van der Waals surface area contributed by atoms with E-state index in [-0.39, 0.29) is 0 Å². The number of oxazole rings is 1. The first-order valence-electron chi connectivity index (χ1n) is 8.77. The molecule has 136 valence electrons. The molecule has 4 heterocycles. The van der Waals surface area contributed by atoms with Gasteiger partial charge >= 0.3 is 0 Å². The molecule has 0 aromatic carbocycles. The lowest BCUT2D eigenvalue weighted by Gasteiger charge is -2.10. The van der Waals surface area contributed by atoms with Crippen LogP contribution in [0.5, 0.6) is 0 Å². The van der Waals surface area contributed by atoms with Gasteiger partial charge in [0, 0.05) is 12.4 Å². The summed E-state index contributed by atoms with van der Waals surface area (Å²) in [7, 11) is 0. The van der Waals surface area contributed by atoms with Crippen molar-refractivity contribution in [3.8, 4) is 0 Å². The zero-order valence-electron chi connectivity index (χ0n) is 15.3. The average Bonchev–Trinajstić information content (AvgIpc) is 3.27. The van der Waals surface area contributed by atoms with E-state index in [4.69, 9.17) is 4.42 Å². The molecule has 4 rings (SSSR count). The number of hydrogen-bond donors (Lipinski definition) is 1. The first-order chi connectivity index (χ1) is 13.2. The first-order valence-corrected chi connectivity index (χ1v) is 8.77. The lowest BCUT2D eigenvalue weighted by molar-refractivity contribution is 0.479. The zero-order valence-corrected chi connectivity index (χ0v) is 15.3. The van der Waals surface area contributed by atoms with E-state index >= 15 is 0 Å². The predicted octanol–water partition coefficient (Wildman–Crippen LogP) is 3.82. The maximum atomic E-state index is 5.55. The number of rotatable bonds is 6. The number of nitrogens with one attached hydrogen (secondary N) is 1. The molecule has 0 aliphatic carbocycles. The number of hydrogen-bond acceptors (Lipinski definition) is 6. The first kappa shape index (κ1) is 17.0. The number of aryl methyl sites for hydroxylation is 1. The Bertz CT molecular complexity index is 1080. The SMILES string of the molecule is CC=Cc1nc(NCc2ncc(C)o2)c2c(ccn2Cc2ccccn2)n1. The predicted molar refractivity (Wildman–Crippen MR) is 104 cm³/mol. The largest absolute Gasteiger partial charge is 0.444 e. The molecule has 0 radical (unpaired) electrons. The monoisotopic (exact) mass is 360 g/mol. The van der Waals surface area contributed by atoms with Crippen LogP contribution in [0.3, 0.4) is 0 Å². The highest BCUT2D eigenvalue weighted by atomic mass is 16.4. The molecule has 0 unspecified atom stereocenters. The molecule has 0 bridgehead atoms. The van der Waals surface area contributed by atoms with E-state index in [1.807, 2.05) is 56.5 Å². The number of allylic oxidation sites excluding steroid dienone is 1. The van der Waals surface area contributed by atoms with Gasteiger partial charge in [-0.1, -0.05) is 12.1 Å². The van der Waals surface area contributed by atoms with Gasteiger partial charge < -0.3 is 14.3 Å². The minimum absolute atomic E-state index is 0.448. The number of anilines is 1. The Hall–Kier alpha value is -3.48. The fourth-order valence-electron chi connectivity index (χ4n) is 2.91. The molecule has 4 aromatic rings. The summed E-state index contributed by atoms with van der Waals surface area (Å²) >= 11 is 0. The van der Waals surface area contributed by atoms with Crippen LogP contribution in [0.2, 0.25) is 0 Å². The zero-order chi connectivity index (χ0) is 18.6. The molecular weight excluding hydrogens is 340 g/mol. The molecule has 0 atom stereocenters. The average molecular weight is 360 g/mol. The van der Waals surface area contributed by atoms with E-state index in [1.54, 1.807) is 12.4 Å². The summed E-state index contributed by atoms with van der Waals surface area (Å²) in [6, 6.07) is 7.89. The standard InChI is InChI=1S/C20H20N6O/c1-3-6-17-24-16-8-10-26(13-15-7-4-5-9-21-15)19(16)20(25-17)23-12-18-22-11-14(2)27-18/h3-11H,12-13H2,1-2H3,(H,23,24,25). The third-order valence-electron chi connectivity index (χ3n) is 4.08. The van der Waals surface area contributed by atoms with Gasteiger partial charge in [0.05, 0.1) is 30.5 Å². The fraction of sp³-hybridized carbons (Fsp3) is 0.200. The topological polar surface area (TPSA) is 81.7 Å². The minimum atomic E-state index is 0.448. The second-order valence-electron chi connectivity index (χ2n) is 6.15. The van der Waals surface area contributed by atoms with Gasteiger partial charge in [-0.3, -0.25) is 4.98 Å². The van der Waals surface area contributed by atoms with Crippen molar-refractivity contribution in [2.24, 2.45) is 0 Å². The van der Waals surface area contributed by atoms with Crippen LogP contribution in [0.25, 0.3) is 17.1 Å². The molecule has 27 heavy (non-hydrogen) atoms. The Morgan fingerprint density at radius 2 is 2.11 bits per heavy atom. The Labute approximate surface area is 156 Å². The van der Waals surface area contributed by atoms with E-state index in [1.165, 1.54) is 0 Å². The molecule has 7 nitrogen and oxygen atoms in total. The molecule has 1 N–H and O–H groups in total. The van der Waals surface area contributed by atoms with Crippen LogP contribution in [0, 0.1) is 6.92 Å². The molecular formula is C20H20N6O.